The summed E-state index contributed by atoms with van der Waals surface area (Å²) in [5.41, 5.74) is -0.00667. The molecule has 2 fully saturated rings. The lowest BCUT2D eigenvalue weighted by Gasteiger charge is -2.33. The van der Waals surface area contributed by atoms with Crippen LogP contribution in [0.4, 0.5) is 4.79 Å². The van der Waals surface area contributed by atoms with E-state index in [1.165, 1.54) is 0 Å². The molecule has 6 heteroatoms. The smallest absolute Gasteiger partial charge is 0.331 e. The van der Waals surface area contributed by atoms with E-state index in [4.69, 9.17) is 4.74 Å². The Hall–Kier alpha value is -2.37. The predicted octanol–water partition coefficient (Wildman–Crippen LogP) is 2.40. The quantitative estimate of drug-likeness (QED) is 0.524. The van der Waals surface area contributed by atoms with Crippen LogP contribution in [0.2, 0.25) is 0 Å². The number of para-hydroxylation sites is 1. The fourth-order valence-corrected chi connectivity index (χ4v) is 3.37. The minimum Gasteiger partial charge on any atom is -0.425 e. The Morgan fingerprint density at radius 2 is 1.96 bits per heavy atom. The van der Waals surface area contributed by atoms with Gasteiger partial charge in [0.1, 0.15) is 17.8 Å². The summed E-state index contributed by atoms with van der Waals surface area (Å²) < 4.78 is 5.28. The SMILES string of the molecule is Cc1ccccc1OC(=O)CN1C(=O)NC2(CCC(C)CC2)C1=O. The molecule has 0 bridgehead atoms. The molecule has 1 N–H and O–H groups in total. The van der Waals surface area contributed by atoms with Crippen molar-refractivity contribution in [2.24, 2.45) is 5.92 Å². The maximum atomic E-state index is 12.7. The van der Waals surface area contributed by atoms with Crippen molar-refractivity contribution in [2.75, 3.05) is 6.54 Å². The van der Waals surface area contributed by atoms with E-state index in [2.05, 4.69) is 12.2 Å². The summed E-state index contributed by atoms with van der Waals surface area (Å²) in [4.78, 5) is 38.0. The second kappa shape index (κ2) is 6.26. The third kappa shape index (κ3) is 3.00. The Morgan fingerprint density at radius 3 is 2.62 bits per heavy atom. The monoisotopic (exact) mass is 330 g/mol. The molecule has 1 aliphatic heterocycles. The fourth-order valence-electron chi connectivity index (χ4n) is 3.37. The van der Waals surface area contributed by atoms with Gasteiger partial charge >= 0.3 is 12.0 Å². The largest absolute Gasteiger partial charge is 0.425 e. The minimum absolute atomic E-state index is 0.305. The van der Waals surface area contributed by atoms with Crippen LogP contribution in [0.3, 0.4) is 0 Å². The number of nitrogens with one attached hydrogen (secondary N) is 1. The van der Waals surface area contributed by atoms with Crippen LogP contribution in [0.1, 0.15) is 38.2 Å². The van der Waals surface area contributed by atoms with E-state index < -0.39 is 17.5 Å². The van der Waals surface area contributed by atoms with Crippen molar-refractivity contribution in [1.82, 2.24) is 10.2 Å². The highest BCUT2D eigenvalue weighted by Gasteiger charge is 2.52. The number of aryl methyl sites for hydroxylation is 1. The zero-order valence-electron chi connectivity index (χ0n) is 14.0. The van der Waals surface area contributed by atoms with Crippen molar-refractivity contribution in [3.63, 3.8) is 0 Å². The molecule has 0 unspecified atom stereocenters. The molecule has 1 saturated carbocycles. The lowest BCUT2D eigenvalue weighted by Crippen LogP contribution is -2.49. The van der Waals surface area contributed by atoms with Crippen molar-refractivity contribution in [3.8, 4) is 5.75 Å². The molecule has 2 aliphatic rings. The summed E-state index contributed by atoms with van der Waals surface area (Å²) >= 11 is 0. The highest BCUT2D eigenvalue weighted by Crippen LogP contribution is 2.36. The summed E-state index contributed by atoms with van der Waals surface area (Å²) in [5, 5.41) is 2.80. The number of hydrogen-bond donors (Lipinski definition) is 1. The number of urea groups is 1. The molecule has 1 spiro atoms. The number of hydrogen-bond acceptors (Lipinski definition) is 4. The van der Waals surface area contributed by atoms with E-state index >= 15 is 0 Å². The number of benzene rings is 1. The first-order valence-corrected chi connectivity index (χ1v) is 8.32. The first-order valence-electron chi connectivity index (χ1n) is 8.32. The van der Waals surface area contributed by atoms with Crippen LogP contribution in [0.25, 0.3) is 0 Å². The Morgan fingerprint density at radius 1 is 1.29 bits per heavy atom. The average molecular weight is 330 g/mol. The number of amides is 3. The molecule has 1 saturated heterocycles. The van der Waals surface area contributed by atoms with E-state index in [0.29, 0.717) is 24.5 Å². The molecule has 1 aromatic carbocycles. The van der Waals surface area contributed by atoms with Crippen LogP contribution in [0, 0.1) is 12.8 Å². The second-order valence-electron chi connectivity index (χ2n) is 6.83. The van der Waals surface area contributed by atoms with Gasteiger partial charge in [0.15, 0.2) is 0 Å². The third-order valence-corrected chi connectivity index (χ3v) is 4.98. The molecule has 1 heterocycles. The molecule has 128 valence electrons. The van der Waals surface area contributed by atoms with Gasteiger partial charge in [0.2, 0.25) is 0 Å². The first kappa shape index (κ1) is 16.5. The number of imide groups is 1. The summed E-state index contributed by atoms with van der Waals surface area (Å²) in [7, 11) is 0. The summed E-state index contributed by atoms with van der Waals surface area (Å²) in [5.74, 6) is 0.0753. The van der Waals surface area contributed by atoms with Crippen LogP contribution in [-0.2, 0) is 9.59 Å². The van der Waals surface area contributed by atoms with Crippen molar-refractivity contribution in [2.45, 2.75) is 45.1 Å². The van der Waals surface area contributed by atoms with Gasteiger partial charge in [0.05, 0.1) is 0 Å². The van der Waals surface area contributed by atoms with Crippen molar-refractivity contribution in [1.29, 1.82) is 0 Å². The molecule has 0 atom stereocenters. The second-order valence-corrected chi connectivity index (χ2v) is 6.83. The molecule has 0 aromatic heterocycles. The highest BCUT2D eigenvalue weighted by molar-refractivity contribution is 6.08. The van der Waals surface area contributed by atoms with E-state index in [-0.39, 0.29) is 12.5 Å². The van der Waals surface area contributed by atoms with Gasteiger partial charge in [0, 0.05) is 0 Å². The van der Waals surface area contributed by atoms with Crippen LogP contribution in [0.5, 0.6) is 5.75 Å². The topological polar surface area (TPSA) is 75.7 Å². The van der Waals surface area contributed by atoms with E-state index in [1.54, 1.807) is 12.1 Å². The average Bonchev–Trinajstić information content (AvgIpc) is 2.77. The van der Waals surface area contributed by atoms with E-state index in [0.717, 1.165) is 23.3 Å². The van der Waals surface area contributed by atoms with Gasteiger partial charge in [0.25, 0.3) is 5.91 Å². The van der Waals surface area contributed by atoms with E-state index in [1.807, 2.05) is 19.1 Å². The van der Waals surface area contributed by atoms with Gasteiger partial charge in [-0.3, -0.25) is 9.69 Å². The molecule has 1 aromatic rings. The van der Waals surface area contributed by atoms with Gasteiger partial charge in [-0.25, -0.2) is 9.59 Å². The molecular formula is C18H22N2O4. The minimum atomic E-state index is -0.827. The van der Waals surface area contributed by atoms with Gasteiger partial charge in [-0.1, -0.05) is 25.1 Å². The summed E-state index contributed by atoms with van der Waals surface area (Å²) in [6, 6.07) is 6.62. The molecule has 3 amide bonds. The van der Waals surface area contributed by atoms with Crippen LogP contribution < -0.4 is 10.1 Å². The molecule has 1 aliphatic carbocycles. The lowest BCUT2D eigenvalue weighted by molar-refractivity contribution is -0.141. The van der Waals surface area contributed by atoms with Gasteiger partial charge < -0.3 is 10.1 Å². The first-order chi connectivity index (χ1) is 11.4. The van der Waals surface area contributed by atoms with Crippen LogP contribution in [0.15, 0.2) is 24.3 Å². The maximum absolute atomic E-state index is 12.7. The summed E-state index contributed by atoms with van der Waals surface area (Å²) in [6.07, 6.45) is 3.05. The standard InChI is InChI=1S/C18H22N2O4/c1-12-7-9-18(10-8-12)16(22)20(17(23)19-18)11-15(21)24-14-6-4-3-5-13(14)2/h3-6,12H,7-11H2,1-2H3,(H,19,23). The van der Waals surface area contributed by atoms with Crippen LogP contribution in [-0.4, -0.2) is 34.9 Å². The Kier molecular flexibility index (Phi) is 4.30. The Labute approximate surface area is 141 Å². The lowest BCUT2D eigenvalue weighted by atomic mass is 9.77. The fraction of sp³-hybridized carbons (Fsp3) is 0.500. The predicted molar refractivity (Wildman–Crippen MR) is 87.4 cm³/mol. The number of rotatable bonds is 3. The summed E-state index contributed by atoms with van der Waals surface area (Å²) in [6.45, 7) is 3.61. The molecule has 3 rings (SSSR count). The van der Waals surface area contributed by atoms with E-state index in [9.17, 15) is 14.4 Å². The van der Waals surface area contributed by atoms with Gasteiger partial charge in [-0.2, -0.15) is 0 Å². The zero-order valence-corrected chi connectivity index (χ0v) is 14.0. The van der Waals surface area contributed by atoms with Crippen molar-refractivity contribution in [3.05, 3.63) is 29.8 Å². The zero-order chi connectivity index (χ0) is 17.3. The third-order valence-electron chi connectivity index (χ3n) is 4.98. The number of carbonyl (C=O) groups excluding carboxylic acids is 3. The van der Waals surface area contributed by atoms with Crippen molar-refractivity contribution >= 4 is 17.9 Å². The van der Waals surface area contributed by atoms with Gasteiger partial charge in [-0.05, 0) is 50.2 Å². The van der Waals surface area contributed by atoms with Crippen molar-refractivity contribution < 1.29 is 19.1 Å². The molecular weight excluding hydrogens is 308 g/mol. The maximum Gasteiger partial charge on any atom is 0.331 e. The Balaban J connectivity index is 1.67. The Bertz CT molecular complexity index is 677. The molecule has 24 heavy (non-hydrogen) atoms. The highest BCUT2D eigenvalue weighted by atomic mass is 16.5. The number of carbonyl (C=O) groups is 3. The van der Waals surface area contributed by atoms with Gasteiger partial charge in [-0.15, -0.1) is 0 Å². The molecule has 0 radical (unpaired) electrons. The normalized spacial score (nSPS) is 26.6. The number of ether oxygens (including phenoxy) is 1. The van der Waals surface area contributed by atoms with Crippen LogP contribution >= 0.6 is 0 Å². The number of nitrogens with zero attached hydrogens (tertiary/aromatic N) is 1. The number of esters is 1. The molecule has 6 nitrogen and oxygen atoms in total.